The molecule has 4 nitrogen and oxygen atoms in total. The number of nitrogens with one attached hydrogen (secondary N) is 1. The van der Waals surface area contributed by atoms with Gasteiger partial charge in [-0.3, -0.25) is 4.79 Å². The summed E-state index contributed by atoms with van der Waals surface area (Å²) in [4.78, 5) is 12.9. The molecule has 21 heavy (non-hydrogen) atoms. The molecule has 0 saturated carbocycles. The molecule has 5 heteroatoms. The number of thioether (sulfide) groups is 1. The van der Waals surface area contributed by atoms with Gasteiger partial charge in [0.05, 0.1) is 12.9 Å². The minimum absolute atomic E-state index is 0.0757. The molecular formula is C16H18N2O2S. The van der Waals surface area contributed by atoms with Crippen molar-refractivity contribution in [2.24, 2.45) is 0 Å². The maximum absolute atomic E-state index is 12.0. The van der Waals surface area contributed by atoms with Gasteiger partial charge in [0, 0.05) is 22.3 Å². The molecule has 0 unspecified atom stereocenters. The third-order valence-electron chi connectivity index (χ3n) is 2.88. The quantitative estimate of drug-likeness (QED) is 0.657. The van der Waals surface area contributed by atoms with E-state index in [-0.39, 0.29) is 5.91 Å². The summed E-state index contributed by atoms with van der Waals surface area (Å²) in [5, 5.41) is 2.84. The predicted octanol–water partition coefficient (Wildman–Crippen LogP) is 3.32. The van der Waals surface area contributed by atoms with E-state index in [0.29, 0.717) is 17.2 Å². The van der Waals surface area contributed by atoms with Crippen molar-refractivity contribution in [1.29, 1.82) is 0 Å². The molecule has 0 saturated heterocycles. The molecule has 0 heterocycles. The minimum atomic E-state index is -0.0757. The molecule has 0 radical (unpaired) electrons. The van der Waals surface area contributed by atoms with Crippen molar-refractivity contribution in [1.82, 2.24) is 0 Å². The van der Waals surface area contributed by atoms with E-state index in [0.717, 1.165) is 16.1 Å². The van der Waals surface area contributed by atoms with Crippen LogP contribution in [0.2, 0.25) is 0 Å². The largest absolute Gasteiger partial charge is 0.497 e. The number of rotatable bonds is 5. The van der Waals surface area contributed by atoms with Crippen LogP contribution in [0.1, 0.15) is 5.56 Å². The summed E-state index contributed by atoms with van der Waals surface area (Å²) in [7, 11) is 1.59. The van der Waals surface area contributed by atoms with Gasteiger partial charge in [0.15, 0.2) is 0 Å². The van der Waals surface area contributed by atoms with E-state index in [9.17, 15) is 4.79 Å². The highest BCUT2D eigenvalue weighted by atomic mass is 32.2. The van der Waals surface area contributed by atoms with E-state index in [2.05, 4.69) is 5.32 Å². The smallest absolute Gasteiger partial charge is 0.234 e. The third kappa shape index (κ3) is 4.43. The number of amides is 1. The number of carbonyl (C=O) groups is 1. The Labute approximate surface area is 128 Å². The molecule has 2 rings (SSSR count). The zero-order chi connectivity index (χ0) is 15.2. The summed E-state index contributed by atoms with van der Waals surface area (Å²) in [5.74, 6) is 0.946. The number of methoxy groups -OCH3 is 1. The van der Waals surface area contributed by atoms with Crippen molar-refractivity contribution in [3.8, 4) is 5.75 Å². The second-order valence-electron chi connectivity index (χ2n) is 4.61. The topological polar surface area (TPSA) is 64.3 Å². The van der Waals surface area contributed by atoms with Gasteiger partial charge in [-0.1, -0.05) is 12.1 Å². The molecule has 0 fully saturated rings. The third-order valence-corrected chi connectivity index (χ3v) is 3.97. The SMILES string of the molecule is COc1cccc(NC(=O)CSc2ccc(C)cc2N)c1. The molecule has 0 aromatic heterocycles. The van der Waals surface area contributed by atoms with Crippen LogP contribution in [0.3, 0.4) is 0 Å². The van der Waals surface area contributed by atoms with Crippen molar-refractivity contribution < 1.29 is 9.53 Å². The lowest BCUT2D eigenvalue weighted by Gasteiger charge is -2.08. The maximum atomic E-state index is 12.0. The summed E-state index contributed by atoms with van der Waals surface area (Å²) >= 11 is 1.42. The van der Waals surface area contributed by atoms with Crippen LogP contribution in [0.15, 0.2) is 47.4 Å². The lowest BCUT2D eigenvalue weighted by Crippen LogP contribution is -2.14. The number of aryl methyl sites for hydroxylation is 1. The Hall–Kier alpha value is -2.14. The molecule has 0 aliphatic heterocycles. The number of nitrogen functional groups attached to an aromatic ring is 1. The van der Waals surface area contributed by atoms with Crippen LogP contribution in [-0.2, 0) is 4.79 Å². The van der Waals surface area contributed by atoms with E-state index in [4.69, 9.17) is 10.5 Å². The number of hydrogen-bond donors (Lipinski definition) is 2. The standard InChI is InChI=1S/C16H18N2O2S/c1-11-6-7-15(14(17)8-11)21-10-16(19)18-12-4-3-5-13(9-12)20-2/h3-9H,10,17H2,1-2H3,(H,18,19). The molecule has 0 atom stereocenters. The van der Waals surface area contributed by atoms with Crippen molar-refractivity contribution in [2.75, 3.05) is 23.9 Å². The number of nitrogens with two attached hydrogens (primary N) is 1. The Morgan fingerprint density at radius 1 is 1.29 bits per heavy atom. The molecule has 2 aromatic rings. The first kappa shape index (κ1) is 15.3. The Kier molecular flexibility index (Phi) is 5.11. The normalized spacial score (nSPS) is 10.2. The molecular weight excluding hydrogens is 284 g/mol. The zero-order valence-corrected chi connectivity index (χ0v) is 12.9. The number of ether oxygens (including phenoxy) is 1. The molecule has 0 aliphatic carbocycles. The van der Waals surface area contributed by atoms with Gasteiger partial charge in [0.1, 0.15) is 5.75 Å². The first-order valence-corrected chi connectivity index (χ1v) is 7.50. The van der Waals surface area contributed by atoms with E-state index in [1.165, 1.54) is 11.8 Å². The first-order valence-electron chi connectivity index (χ1n) is 6.51. The van der Waals surface area contributed by atoms with Crippen LogP contribution in [0, 0.1) is 6.92 Å². The van der Waals surface area contributed by atoms with Gasteiger partial charge in [-0.25, -0.2) is 0 Å². The minimum Gasteiger partial charge on any atom is -0.497 e. The molecule has 0 aliphatic rings. The Balaban J connectivity index is 1.92. The fourth-order valence-electron chi connectivity index (χ4n) is 1.84. The van der Waals surface area contributed by atoms with E-state index in [1.807, 2.05) is 43.3 Å². The number of hydrogen-bond acceptors (Lipinski definition) is 4. The van der Waals surface area contributed by atoms with Gasteiger partial charge in [-0.05, 0) is 36.8 Å². The average molecular weight is 302 g/mol. The highest BCUT2D eigenvalue weighted by Gasteiger charge is 2.06. The fraction of sp³-hybridized carbons (Fsp3) is 0.188. The van der Waals surface area contributed by atoms with Crippen molar-refractivity contribution >= 4 is 29.0 Å². The van der Waals surface area contributed by atoms with E-state index < -0.39 is 0 Å². The molecule has 0 bridgehead atoms. The van der Waals surface area contributed by atoms with Gasteiger partial charge in [0.2, 0.25) is 5.91 Å². The molecule has 0 spiro atoms. The van der Waals surface area contributed by atoms with E-state index >= 15 is 0 Å². The summed E-state index contributed by atoms with van der Waals surface area (Å²) < 4.78 is 5.12. The van der Waals surface area contributed by atoms with Crippen LogP contribution in [0.4, 0.5) is 11.4 Å². The molecule has 1 amide bonds. The number of carbonyl (C=O) groups excluding carboxylic acids is 1. The monoisotopic (exact) mass is 302 g/mol. The lowest BCUT2D eigenvalue weighted by molar-refractivity contribution is -0.113. The van der Waals surface area contributed by atoms with Crippen molar-refractivity contribution in [2.45, 2.75) is 11.8 Å². The van der Waals surface area contributed by atoms with Gasteiger partial charge >= 0.3 is 0 Å². The second kappa shape index (κ2) is 7.04. The highest BCUT2D eigenvalue weighted by molar-refractivity contribution is 8.00. The maximum Gasteiger partial charge on any atom is 0.234 e. The van der Waals surface area contributed by atoms with Crippen LogP contribution in [0.5, 0.6) is 5.75 Å². The Morgan fingerprint density at radius 3 is 2.81 bits per heavy atom. The average Bonchev–Trinajstić information content (AvgIpc) is 2.46. The lowest BCUT2D eigenvalue weighted by atomic mass is 10.2. The molecule has 110 valence electrons. The Morgan fingerprint density at radius 2 is 2.10 bits per heavy atom. The van der Waals surface area contributed by atoms with E-state index in [1.54, 1.807) is 13.2 Å². The van der Waals surface area contributed by atoms with Gasteiger partial charge in [-0.15, -0.1) is 11.8 Å². The summed E-state index contributed by atoms with van der Waals surface area (Å²) in [5.41, 5.74) is 8.46. The van der Waals surface area contributed by atoms with Gasteiger partial charge in [-0.2, -0.15) is 0 Å². The van der Waals surface area contributed by atoms with Gasteiger partial charge in [0.25, 0.3) is 0 Å². The highest BCUT2D eigenvalue weighted by Crippen LogP contribution is 2.26. The predicted molar refractivity (Wildman–Crippen MR) is 87.9 cm³/mol. The van der Waals surface area contributed by atoms with Crippen LogP contribution in [-0.4, -0.2) is 18.8 Å². The summed E-state index contributed by atoms with van der Waals surface area (Å²) in [6, 6.07) is 13.1. The summed E-state index contributed by atoms with van der Waals surface area (Å²) in [6.45, 7) is 1.99. The van der Waals surface area contributed by atoms with Crippen molar-refractivity contribution in [3.63, 3.8) is 0 Å². The fourth-order valence-corrected chi connectivity index (χ4v) is 2.59. The first-order chi connectivity index (χ1) is 10.1. The summed E-state index contributed by atoms with van der Waals surface area (Å²) in [6.07, 6.45) is 0. The van der Waals surface area contributed by atoms with Crippen LogP contribution >= 0.6 is 11.8 Å². The number of benzene rings is 2. The van der Waals surface area contributed by atoms with Crippen LogP contribution in [0.25, 0.3) is 0 Å². The van der Waals surface area contributed by atoms with Crippen LogP contribution < -0.4 is 15.8 Å². The Bertz CT molecular complexity index is 644. The second-order valence-corrected chi connectivity index (χ2v) is 5.63. The zero-order valence-electron chi connectivity index (χ0n) is 12.1. The molecule has 2 aromatic carbocycles. The number of anilines is 2. The van der Waals surface area contributed by atoms with Crippen molar-refractivity contribution in [3.05, 3.63) is 48.0 Å². The van der Waals surface area contributed by atoms with Gasteiger partial charge < -0.3 is 15.8 Å². The molecule has 3 N–H and O–H groups in total.